The van der Waals surface area contributed by atoms with E-state index in [1.165, 1.54) is 24.3 Å². The van der Waals surface area contributed by atoms with Crippen LogP contribution in [0, 0.1) is 0 Å². The number of rotatable bonds is 4. The van der Waals surface area contributed by atoms with Crippen molar-refractivity contribution in [1.29, 1.82) is 0 Å². The molecule has 3 rings (SSSR count). The predicted octanol–water partition coefficient (Wildman–Crippen LogP) is 1.03. The Hall–Kier alpha value is -2.13. The molecule has 24 heavy (non-hydrogen) atoms. The Morgan fingerprint density at radius 3 is 2.46 bits per heavy atom. The van der Waals surface area contributed by atoms with Crippen molar-refractivity contribution in [3.8, 4) is 0 Å². The number of benzene rings is 1. The van der Waals surface area contributed by atoms with Gasteiger partial charge in [0.25, 0.3) is 5.91 Å². The first-order valence-electron chi connectivity index (χ1n) is 7.19. The van der Waals surface area contributed by atoms with E-state index in [2.05, 4.69) is 5.32 Å². The van der Waals surface area contributed by atoms with Gasteiger partial charge >= 0.3 is 0 Å². The zero-order valence-corrected chi connectivity index (χ0v) is 14.1. The molecular weight excluding hydrogens is 354 g/mol. The quantitative estimate of drug-likeness (QED) is 0.862. The second-order valence-corrected chi connectivity index (χ2v) is 9.62. The highest BCUT2D eigenvalue weighted by Gasteiger charge is 2.30. The smallest absolute Gasteiger partial charge is 0.287 e. The van der Waals surface area contributed by atoms with Crippen LogP contribution in [0.15, 0.2) is 56.9 Å². The van der Waals surface area contributed by atoms with Gasteiger partial charge in [-0.1, -0.05) is 18.2 Å². The van der Waals surface area contributed by atoms with E-state index in [1.807, 2.05) is 0 Å². The molecule has 1 amide bonds. The highest BCUT2D eigenvalue weighted by molar-refractivity contribution is 7.91. The van der Waals surface area contributed by atoms with Crippen LogP contribution in [0.25, 0.3) is 0 Å². The van der Waals surface area contributed by atoms with Gasteiger partial charge in [-0.2, -0.15) is 0 Å². The molecule has 0 spiro atoms. The second kappa shape index (κ2) is 6.06. The zero-order valence-electron chi connectivity index (χ0n) is 12.5. The number of amides is 1. The maximum atomic E-state index is 12.4. The molecule has 2 aromatic rings. The lowest BCUT2D eigenvalue weighted by Crippen LogP contribution is -2.35. The molecule has 1 atom stereocenters. The molecule has 1 saturated heterocycles. The highest BCUT2D eigenvalue weighted by Crippen LogP contribution is 2.23. The fourth-order valence-electron chi connectivity index (χ4n) is 2.47. The molecule has 1 aromatic heterocycles. The summed E-state index contributed by atoms with van der Waals surface area (Å²) in [4.78, 5) is 12.2. The minimum atomic E-state index is -3.84. The summed E-state index contributed by atoms with van der Waals surface area (Å²) in [5.41, 5.74) is 0. The van der Waals surface area contributed by atoms with Crippen molar-refractivity contribution in [2.75, 3.05) is 11.5 Å². The number of carbonyl (C=O) groups is 1. The Bertz CT molecular complexity index is 960. The summed E-state index contributed by atoms with van der Waals surface area (Å²) in [7, 11) is -6.96. The first kappa shape index (κ1) is 16.7. The largest absolute Gasteiger partial charge is 0.439 e. The van der Waals surface area contributed by atoms with Gasteiger partial charge in [0, 0.05) is 6.04 Å². The average Bonchev–Trinajstić information content (AvgIpc) is 3.15. The lowest BCUT2D eigenvalue weighted by Gasteiger charge is -2.08. The highest BCUT2D eigenvalue weighted by atomic mass is 32.2. The first-order valence-corrected chi connectivity index (χ1v) is 10.5. The molecule has 9 heteroatoms. The molecule has 0 unspecified atom stereocenters. The van der Waals surface area contributed by atoms with E-state index in [4.69, 9.17) is 4.42 Å². The van der Waals surface area contributed by atoms with Crippen molar-refractivity contribution in [3.05, 3.63) is 48.2 Å². The normalized spacial score (nSPS) is 19.9. The van der Waals surface area contributed by atoms with Crippen LogP contribution in [0.4, 0.5) is 0 Å². The van der Waals surface area contributed by atoms with Gasteiger partial charge in [0.05, 0.1) is 16.4 Å². The van der Waals surface area contributed by atoms with Gasteiger partial charge in [-0.3, -0.25) is 4.79 Å². The van der Waals surface area contributed by atoms with E-state index in [0.717, 1.165) is 0 Å². The van der Waals surface area contributed by atoms with Crippen molar-refractivity contribution in [2.45, 2.75) is 22.5 Å². The van der Waals surface area contributed by atoms with Crippen molar-refractivity contribution >= 4 is 25.6 Å². The van der Waals surface area contributed by atoms with Gasteiger partial charge in [0.1, 0.15) is 0 Å². The third kappa shape index (κ3) is 3.36. The lowest BCUT2D eigenvalue weighted by molar-refractivity contribution is 0.0908. The van der Waals surface area contributed by atoms with Crippen molar-refractivity contribution in [1.82, 2.24) is 5.32 Å². The number of hydrogen-bond donors (Lipinski definition) is 1. The van der Waals surface area contributed by atoms with Crippen molar-refractivity contribution in [3.63, 3.8) is 0 Å². The molecule has 7 nitrogen and oxygen atoms in total. The zero-order chi connectivity index (χ0) is 17.4. The fourth-order valence-corrected chi connectivity index (χ4v) is 5.34. The van der Waals surface area contributed by atoms with Crippen LogP contribution in [0.5, 0.6) is 0 Å². The number of carbonyl (C=O) groups excluding carboxylic acids is 1. The molecule has 1 aliphatic heterocycles. The molecule has 0 aliphatic carbocycles. The van der Waals surface area contributed by atoms with E-state index in [1.54, 1.807) is 18.2 Å². The third-order valence-electron chi connectivity index (χ3n) is 3.69. The second-order valence-electron chi connectivity index (χ2n) is 5.51. The maximum Gasteiger partial charge on any atom is 0.287 e. The lowest BCUT2D eigenvalue weighted by atomic mass is 10.2. The topological polar surface area (TPSA) is 111 Å². The Morgan fingerprint density at radius 1 is 1.12 bits per heavy atom. The molecule has 0 bridgehead atoms. The molecule has 0 radical (unpaired) electrons. The van der Waals surface area contributed by atoms with Crippen LogP contribution in [-0.4, -0.2) is 40.3 Å². The van der Waals surface area contributed by atoms with Crippen LogP contribution in [0.2, 0.25) is 0 Å². The summed E-state index contributed by atoms with van der Waals surface area (Å²) in [6.07, 6.45) is 0.337. The first-order chi connectivity index (χ1) is 11.3. The minimum Gasteiger partial charge on any atom is -0.439 e. The fraction of sp³-hybridized carbons (Fsp3) is 0.267. The molecule has 1 fully saturated rings. The van der Waals surface area contributed by atoms with Gasteiger partial charge in [-0.05, 0) is 30.7 Å². The Balaban J connectivity index is 1.77. The van der Waals surface area contributed by atoms with Crippen LogP contribution < -0.4 is 5.32 Å². The van der Waals surface area contributed by atoms with Crippen LogP contribution in [-0.2, 0) is 19.7 Å². The number of hydrogen-bond acceptors (Lipinski definition) is 6. The summed E-state index contributed by atoms with van der Waals surface area (Å²) in [6, 6.07) is 9.71. The summed E-state index contributed by atoms with van der Waals surface area (Å²) >= 11 is 0. The van der Waals surface area contributed by atoms with E-state index in [0.29, 0.717) is 6.42 Å². The molecule has 1 aliphatic rings. The van der Waals surface area contributed by atoms with E-state index < -0.39 is 31.6 Å². The summed E-state index contributed by atoms with van der Waals surface area (Å²) in [6.45, 7) is 0. The number of furan rings is 1. The summed E-state index contributed by atoms with van der Waals surface area (Å²) in [5, 5.41) is 2.21. The van der Waals surface area contributed by atoms with Crippen LogP contribution in [0.3, 0.4) is 0 Å². The number of sulfone groups is 2. The molecular formula is C15H15NO6S2. The predicted molar refractivity (Wildman–Crippen MR) is 85.1 cm³/mol. The van der Waals surface area contributed by atoms with Gasteiger partial charge in [0.2, 0.25) is 14.9 Å². The van der Waals surface area contributed by atoms with E-state index in [9.17, 15) is 21.6 Å². The molecule has 128 valence electrons. The Kier molecular flexibility index (Phi) is 4.22. The Morgan fingerprint density at radius 2 is 1.83 bits per heavy atom. The van der Waals surface area contributed by atoms with Gasteiger partial charge in [-0.25, -0.2) is 16.8 Å². The third-order valence-corrected chi connectivity index (χ3v) is 7.10. The number of nitrogens with one attached hydrogen (secondary N) is 1. The van der Waals surface area contributed by atoms with Gasteiger partial charge in [-0.15, -0.1) is 0 Å². The van der Waals surface area contributed by atoms with E-state index in [-0.39, 0.29) is 27.3 Å². The Labute approximate surface area is 139 Å². The van der Waals surface area contributed by atoms with E-state index >= 15 is 0 Å². The monoisotopic (exact) mass is 369 g/mol. The molecule has 1 aromatic carbocycles. The van der Waals surface area contributed by atoms with Gasteiger partial charge < -0.3 is 9.73 Å². The van der Waals surface area contributed by atoms with Crippen LogP contribution in [0.1, 0.15) is 17.0 Å². The molecule has 0 saturated carbocycles. The van der Waals surface area contributed by atoms with Crippen molar-refractivity contribution < 1.29 is 26.0 Å². The standard InChI is InChI=1S/C15H15NO6S2/c17-15(16-11-8-9-23(18,19)10-11)13-6-7-14(22-13)24(20,21)12-4-2-1-3-5-12/h1-7,11H,8-10H2,(H,16,17)/t11-/m1/s1. The summed E-state index contributed by atoms with van der Waals surface area (Å²) in [5.74, 6) is -0.890. The SMILES string of the molecule is O=C(N[C@@H]1CCS(=O)(=O)C1)c1ccc(S(=O)(=O)c2ccccc2)o1. The van der Waals surface area contributed by atoms with Crippen molar-refractivity contribution in [2.24, 2.45) is 0 Å². The molecule has 1 N–H and O–H groups in total. The van der Waals surface area contributed by atoms with Gasteiger partial charge in [0.15, 0.2) is 15.6 Å². The maximum absolute atomic E-state index is 12.4. The van der Waals surface area contributed by atoms with Crippen LogP contribution >= 0.6 is 0 Å². The summed E-state index contributed by atoms with van der Waals surface area (Å²) < 4.78 is 52.8. The average molecular weight is 369 g/mol. The molecule has 2 heterocycles. The minimum absolute atomic E-state index is 0.0315.